The van der Waals surface area contributed by atoms with Crippen LogP contribution in [0.3, 0.4) is 0 Å². The van der Waals surface area contributed by atoms with Gasteiger partial charge in [0.2, 0.25) is 0 Å². The first-order valence-corrected chi connectivity index (χ1v) is 6.63. The summed E-state index contributed by atoms with van der Waals surface area (Å²) in [6.07, 6.45) is 2.99. The monoisotopic (exact) mass is 268 g/mol. The average molecular weight is 268 g/mol. The molecule has 0 radical (unpaired) electrons. The van der Waals surface area contributed by atoms with Crippen LogP contribution in [-0.2, 0) is 13.0 Å². The van der Waals surface area contributed by atoms with Crippen LogP contribution in [0.2, 0.25) is 0 Å². The van der Waals surface area contributed by atoms with Gasteiger partial charge in [-0.15, -0.1) is 0 Å². The van der Waals surface area contributed by atoms with Crippen LogP contribution in [0.5, 0.6) is 5.75 Å². The fraction of sp³-hybridized carbons (Fsp3) is 0.333. The number of ether oxygens (including phenoxy) is 1. The maximum atomic E-state index is 8.53. The van der Waals surface area contributed by atoms with Crippen LogP contribution in [0.15, 0.2) is 35.6 Å². The van der Waals surface area contributed by atoms with Crippen molar-refractivity contribution in [2.45, 2.75) is 25.9 Å². The number of hydrogen-bond acceptors (Lipinski definition) is 2. The second-order valence-electron chi connectivity index (χ2n) is 5.07. The maximum absolute atomic E-state index is 8.53. The van der Waals surface area contributed by atoms with Crippen molar-refractivity contribution in [1.82, 2.24) is 4.57 Å². The van der Waals surface area contributed by atoms with E-state index in [4.69, 9.17) is 10.3 Å². The molecule has 0 N–H and O–H groups in total. The van der Waals surface area contributed by atoms with Crippen molar-refractivity contribution >= 4 is 0 Å². The topological polar surface area (TPSA) is 62.9 Å². The van der Waals surface area contributed by atoms with E-state index in [1.54, 1.807) is 7.11 Å². The van der Waals surface area contributed by atoms with Crippen molar-refractivity contribution < 1.29 is 4.74 Å². The number of fused-ring (bicyclic) bond motifs is 3. The predicted octanol–water partition coefficient (Wildman–Crippen LogP) is 3.77. The van der Waals surface area contributed by atoms with E-state index in [1.807, 2.05) is 19.1 Å². The molecule has 3 rings (SSSR count). The molecule has 1 aromatic carbocycles. The lowest BCUT2D eigenvalue weighted by atomic mass is 10.1. The molecule has 5 heteroatoms. The lowest BCUT2D eigenvalue weighted by Crippen LogP contribution is -2.10. The third-order valence-electron chi connectivity index (χ3n) is 3.71. The van der Waals surface area contributed by atoms with Crippen molar-refractivity contribution in [3.05, 3.63) is 52.0 Å². The van der Waals surface area contributed by atoms with E-state index in [0.717, 1.165) is 12.2 Å². The standard InChI is InChI=1S/C15H16N4O/c1-10(17-18-16)9-19-7-6-12-8-11-4-3-5-13(20-2)14(11)15(12)19/h3-7,10H,8-9H2,1-2H3. The Hall–Kier alpha value is -2.39. The number of nitrogens with zero attached hydrogens (tertiary/aromatic N) is 4. The molecular weight excluding hydrogens is 252 g/mol. The summed E-state index contributed by atoms with van der Waals surface area (Å²) in [4.78, 5) is 2.87. The van der Waals surface area contributed by atoms with Crippen LogP contribution in [0.1, 0.15) is 18.1 Å². The minimum Gasteiger partial charge on any atom is -0.496 e. The summed E-state index contributed by atoms with van der Waals surface area (Å²) in [6, 6.07) is 8.21. The summed E-state index contributed by atoms with van der Waals surface area (Å²) >= 11 is 0. The van der Waals surface area contributed by atoms with E-state index in [0.29, 0.717) is 6.54 Å². The average Bonchev–Trinajstić information content (AvgIpc) is 2.98. The third kappa shape index (κ3) is 1.92. The minimum absolute atomic E-state index is 0.0738. The van der Waals surface area contributed by atoms with Crippen LogP contribution in [0.25, 0.3) is 21.7 Å². The fourth-order valence-corrected chi connectivity index (χ4v) is 2.89. The molecule has 0 spiro atoms. The van der Waals surface area contributed by atoms with Gasteiger partial charge < -0.3 is 9.30 Å². The van der Waals surface area contributed by atoms with Crippen LogP contribution in [0, 0.1) is 0 Å². The van der Waals surface area contributed by atoms with Gasteiger partial charge in [0.05, 0.1) is 18.8 Å². The van der Waals surface area contributed by atoms with Gasteiger partial charge >= 0.3 is 0 Å². The second kappa shape index (κ2) is 4.94. The molecule has 2 aromatic rings. The van der Waals surface area contributed by atoms with Crippen LogP contribution < -0.4 is 4.74 Å². The number of methoxy groups -OCH3 is 1. The highest BCUT2D eigenvalue weighted by Gasteiger charge is 2.25. The molecule has 20 heavy (non-hydrogen) atoms. The van der Waals surface area contributed by atoms with Gasteiger partial charge in [0.1, 0.15) is 5.75 Å². The quantitative estimate of drug-likeness (QED) is 0.403. The van der Waals surface area contributed by atoms with Gasteiger partial charge in [-0.05, 0) is 28.8 Å². The Morgan fingerprint density at radius 1 is 1.40 bits per heavy atom. The van der Waals surface area contributed by atoms with Crippen molar-refractivity contribution in [2.75, 3.05) is 7.11 Å². The minimum atomic E-state index is -0.0738. The Bertz CT molecular complexity index is 698. The maximum Gasteiger partial charge on any atom is 0.128 e. The Balaban J connectivity index is 2.06. The first-order chi connectivity index (χ1) is 9.74. The highest BCUT2D eigenvalue weighted by atomic mass is 16.5. The van der Waals surface area contributed by atoms with Gasteiger partial charge in [0.15, 0.2) is 0 Å². The zero-order chi connectivity index (χ0) is 14.1. The van der Waals surface area contributed by atoms with Crippen LogP contribution in [0.4, 0.5) is 0 Å². The highest BCUT2D eigenvalue weighted by Crippen LogP contribution is 2.43. The van der Waals surface area contributed by atoms with Gasteiger partial charge in [-0.2, -0.15) is 0 Å². The summed E-state index contributed by atoms with van der Waals surface area (Å²) < 4.78 is 7.65. The highest BCUT2D eigenvalue weighted by molar-refractivity contribution is 5.79. The van der Waals surface area contributed by atoms with E-state index in [1.165, 1.54) is 22.4 Å². The number of aromatic nitrogens is 1. The first-order valence-electron chi connectivity index (χ1n) is 6.63. The molecule has 1 aliphatic rings. The molecule has 102 valence electrons. The smallest absolute Gasteiger partial charge is 0.128 e. The molecule has 0 saturated carbocycles. The first kappa shape index (κ1) is 12.6. The van der Waals surface area contributed by atoms with E-state index in [9.17, 15) is 0 Å². The van der Waals surface area contributed by atoms with Gasteiger partial charge in [-0.1, -0.05) is 24.2 Å². The largest absolute Gasteiger partial charge is 0.496 e. The number of hydrogen-bond donors (Lipinski definition) is 0. The molecule has 0 amide bonds. The predicted molar refractivity (Wildman–Crippen MR) is 77.8 cm³/mol. The summed E-state index contributed by atoms with van der Waals surface area (Å²) in [7, 11) is 1.70. The Morgan fingerprint density at radius 3 is 3.00 bits per heavy atom. The van der Waals surface area contributed by atoms with Crippen molar-refractivity contribution in [2.24, 2.45) is 5.11 Å². The Kier molecular flexibility index (Phi) is 3.12. The van der Waals surface area contributed by atoms with E-state index in [2.05, 4.69) is 32.9 Å². The van der Waals surface area contributed by atoms with Crippen molar-refractivity contribution in [3.63, 3.8) is 0 Å². The Labute approximate surface area is 117 Å². The lowest BCUT2D eigenvalue weighted by molar-refractivity contribution is 0.416. The fourth-order valence-electron chi connectivity index (χ4n) is 2.89. The number of benzene rings is 1. The molecule has 1 aromatic heterocycles. The van der Waals surface area contributed by atoms with Crippen LogP contribution >= 0.6 is 0 Å². The molecule has 5 nitrogen and oxygen atoms in total. The van der Waals surface area contributed by atoms with E-state index >= 15 is 0 Å². The molecule has 0 aliphatic heterocycles. The van der Waals surface area contributed by atoms with Gasteiger partial charge in [-0.25, -0.2) is 0 Å². The molecule has 1 heterocycles. The summed E-state index contributed by atoms with van der Waals surface area (Å²) in [6.45, 7) is 2.60. The summed E-state index contributed by atoms with van der Waals surface area (Å²) in [5, 5.41) is 3.75. The van der Waals surface area contributed by atoms with Crippen molar-refractivity contribution in [3.8, 4) is 17.0 Å². The number of azide groups is 1. The third-order valence-corrected chi connectivity index (χ3v) is 3.71. The molecule has 0 bridgehead atoms. The summed E-state index contributed by atoms with van der Waals surface area (Å²) in [5.74, 6) is 0.901. The second-order valence-corrected chi connectivity index (χ2v) is 5.07. The SMILES string of the molecule is COc1cccc2c1-c1c(ccn1CC(C)N=[N+]=[N-])C2. The molecule has 0 fully saturated rings. The van der Waals surface area contributed by atoms with Gasteiger partial charge in [0, 0.05) is 29.6 Å². The van der Waals surface area contributed by atoms with E-state index < -0.39 is 0 Å². The molecular formula is C15H16N4O. The molecule has 1 aliphatic carbocycles. The zero-order valence-electron chi connectivity index (χ0n) is 11.6. The molecule has 1 atom stereocenters. The normalized spacial score (nSPS) is 13.3. The number of rotatable bonds is 4. The van der Waals surface area contributed by atoms with Gasteiger partial charge in [0.25, 0.3) is 0 Å². The van der Waals surface area contributed by atoms with Crippen LogP contribution in [-0.4, -0.2) is 17.7 Å². The molecule has 0 saturated heterocycles. The van der Waals surface area contributed by atoms with E-state index in [-0.39, 0.29) is 6.04 Å². The van der Waals surface area contributed by atoms with Crippen molar-refractivity contribution in [1.29, 1.82) is 0 Å². The zero-order valence-corrected chi connectivity index (χ0v) is 11.6. The lowest BCUT2D eigenvalue weighted by Gasteiger charge is -2.13. The Morgan fingerprint density at radius 2 is 2.25 bits per heavy atom. The molecule has 1 unspecified atom stereocenters. The van der Waals surface area contributed by atoms with Gasteiger partial charge in [-0.3, -0.25) is 0 Å². The summed E-state index contributed by atoms with van der Waals surface area (Å²) in [5.41, 5.74) is 13.5.